The first kappa shape index (κ1) is 47.0. The first-order valence-corrected chi connectivity index (χ1v) is 19.4. The van der Waals surface area contributed by atoms with E-state index in [-0.39, 0.29) is 38.1 Å². The number of benzene rings is 2. The number of carboxylic acids is 1. The highest BCUT2D eigenvalue weighted by Gasteiger charge is 2.32. The number of hydrogen-bond donors (Lipinski definition) is 6. The van der Waals surface area contributed by atoms with Gasteiger partial charge in [0.05, 0.1) is 0 Å². The molecule has 2 aromatic carbocycles. The van der Waals surface area contributed by atoms with Gasteiger partial charge < -0.3 is 41.2 Å². The van der Waals surface area contributed by atoms with E-state index in [9.17, 15) is 33.9 Å². The summed E-state index contributed by atoms with van der Waals surface area (Å²) in [4.78, 5) is 78.7. The van der Waals surface area contributed by atoms with Crippen LogP contribution >= 0.6 is 0 Å². The molecule has 0 aromatic heterocycles. The van der Waals surface area contributed by atoms with Crippen molar-refractivity contribution in [2.45, 2.75) is 142 Å². The lowest BCUT2D eigenvalue weighted by atomic mass is 10.00. The minimum atomic E-state index is -1.24. The molecule has 310 valence electrons. The molecule has 56 heavy (non-hydrogen) atoms. The Morgan fingerprint density at radius 2 is 1.05 bits per heavy atom. The van der Waals surface area contributed by atoms with Crippen LogP contribution in [0.3, 0.4) is 0 Å². The maximum atomic E-state index is 14.1. The van der Waals surface area contributed by atoms with Crippen LogP contribution < -0.4 is 26.6 Å². The van der Waals surface area contributed by atoms with Crippen molar-refractivity contribution in [2.24, 2.45) is 5.92 Å². The predicted octanol–water partition coefficient (Wildman–Crippen LogP) is 5.43. The third-order valence-corrected chi connectivity index (χ3v) is 8.36. The zero-order valence-corrected chi connectivity index (χ0v) is 34.2. The molecule has 0 aliphatic rings. The van der Waals surface area contributed by atoms with Crippen LogP contribution in [0.25, 0.3) is 0 Å². The van der Waals surface area contributed by atoms with Crippen LogP contribution in [0, 0.1) is 5.92 Å². The topological polar surface area (TPSA) is 201 Å². The molecule has 0 heterocycles. The molecule has 0 bridgehead atoms. The average molecular weight is 782 g/mol. The highest BCUT2D eigenvalue weighted by atomic mass is 16.6. The number of nitrogens with one attached hydrogen (secondary N) is 5. The van der Waals surface area contributed by atoms with E-state index >= 15 is 0 Å². The van der Waals surface area contributed by atoms with Crippen molar-refractivity contribution < 1.29 is 43.3 Å². The van der Waals surface area contributed by atoms with Crippen LogP contribution in [-0.2, 0) is 41.5 Å². The number of carbonyl (C=O) groups excluding carboxylic acids is 5. The quantitative estimate of drug-likeness (QED) is 0.0895. The molecule has 0 aliphatic heterocycles. The van der Waals surface area contributed by atoms with Gasteiger partial charge in [-0.3, -0.25) is 14.4 Å². The maximum absolute atomic E-state index is 14.1. The van der Waals surface area contributed by atoms with E-state index in [0.717, 1.165) is 11.1 Å². The largest absolute Gasteiger partial charge is 0.480 e. The third kappa shape index (κ3) is 20.0. The summed E-state index contributed by atoms with van der Waals surface area (Å²) in [5, 5.41) is 23.4. The normalized spacial score (nSPS) is 13.7. The molecule has 4 atom stereocenters. The summed E-state index contributed by atoms with van der Waals surface area (Å²) in [6.45, 7) is 14.6. The molecular weight excluding hydrogens is 718 g/mol. The number of hydrogen-bond acceptors (Lipinski definition) is 8. The van der Waals surface area contributed by atoms with Gasteiger partial charge in [-0.1, -0.05) is 74.5 Å². The third-order valence-electron chi connectivity index (χ3n) is 8.36. The summed E-state index contributed by atoms with van der Waals surface area (Å²) in [7, 11) is 0. The van der Waals surface area contributed by atoms with Gasteiger partial charge >= 0.3 is 18.2 Å². The Morgan fingerprint density at radius 3 is 1.59 bits per heavy atom. The monoisotopic (exact) mass is 781 g/mol. The van der Waals surface area contributed by atoms with Crippen LogP contribution in [-0.4, -0.2) is 82.9 Å². The van der Waals surface area contributed by atoms with Crippen LogP contribution in [0.15, 0.2) is 60.7 Å². The molecule has 0 aliphatic carbocycles. The first-order valence-electron chi connectivity index (χ1n) is 19.4. The van der Waals surface area contributed by atoms with Gasteiger partial charge in [-0.25, -0.2) is 14.4 Å². The number of aryl methyl sites for hydroxylation is 1. The van der Waals surface area contributed by atoms with Gasteiger partial charge in [0.15, 0.2) is 0 Å². The summed E-state index contributed by atoms with van der Waals surface area (Å²) in [5.41, 5.74) is 0.224. The Bertz CT molecular complexity index is 1560. The van der Waals surface area contributed by atoms with Gasteiger partial charge in [-0.05, 0) is 104 Å². The fourth-order valence-electron chi connectivity index (χ4n) is 5.55. The highest BCUT2D eigenvalue weighted by Crippen LogP contribution is 2.13. The number of carboxylic acid groups (broad SMARTS) is 1. The van der Waals surface area contributed by atoms with E-state index < -0.39 is 71.2 Å². The fraction of sp³-hybridized carbons (Fsp3) is 0.571. The lowest BCUT2D eigenvalue weighted by Gasteiger charge is -2.27. The van der Waals surface area contributed by atoms with E-state index in [1.807, 2.05) is 62.4 Å². The predicted molar refractivity (Wildman–Crippen MR) is 214 cm³/mol. The highest BCUT2D eigenvalue weighted by molar-refractivity contribution is 5.95. The molecule has 0 saturated heterocycles. The van der Waals surface area contributed by atoms with E-state index in [1.165, 1.54) is 0 Å². The molecule has 14 nitrogen and oxygen atoms in total. The smallest absolute Gasteiger partial charge is 0.408 e. The lowest BCUT2D eigenvalue weighted by Crippen LogP contribution is -2.58. The summed E-state index contributed by atoms with van der Waals surface area (Å²) in [5.74, 6) is -3.00. The standard InChI is InChI=1S/C42H63N5O9/c1-28(2)22-24-31(35(48)45-33(38(51)52)21-15-16-26-43-39(53)55-41(3,4)5)44-37(50)34(27-30-19-13-10-14-20-30)46-36(49)32(47-40(54)56-42(6,7)8)25-23-29-17-11-9-12-18-29/h9-14,17-20,28,31-34H,15-16,21-27H2,1-8H3,(H,43,53)(H,44,50)(H,45,48)(H,46,49)(H,47,54)(H,51,52)/t31-,32-,33-,34-/m1/s1. The van der Waals surface area contributed by atoms with Crippen molar-refractivity contribution >= 4 is 35.9 Å². The summed E-state index contributed by atoms with van der Waals surface area (Å²) in [6.07, 6.45) is 1.05. The van der Waals surface area contributed by atoms with Gasteiger partial charge in [-0.2, -0.15) is 0 Å². The van der Waals surface area contributed by atoms with Gasteiger partial charge in [0, 0.05) is 13.0 Å². The second-order valence-electron chi connectivity index (χ2n) is 16.3. The molecule has 5 amide bonds. The minimum absolute atomic E-state index is 0.0733. The second-order valence-corrected chi connectivity index (χ2v) is 16.3. The fourth-order valence-corrected chi connectivity index (χ4v) is 5.55. The number of unbranched alkanes of at least 4 members (excludes halogenated alkanes) is 1. The van der Waals surface area contributed by atoms with E-state index in [1.54, 1.807) is 53.7 Å². The van der Waals surface area contributed by atoms with Crippen LogP contribution in [0.1, 0.15) is 105 Å². The van der Waals surface area contributed by atoms with Crippen LogP contribution in [0.5, 0.6) is 0 Å². The van der Waals surface area contributed by atoms with Gasteiger partial charge in [0.2, 0.25) is 17.7 Å². The van der Waals surface area contributed by atoms with Crippen molar-refractivity contribution in [3.63, 3.8) is 0 Å². The zero-order valence-electron chi connectivity index (χ0n) is 34.2. The minimum Gasteiger partial charge on any atom is -0.480 e. The second kappa shape index (κ2) is 23.1. The van der Waals surface area contributed by atoms with E-state index in [0.29, 0.717) is 25.7 Å². The molecular formula is C42H63N5O9. The summed E-state index contributed by atoms with van der Waals surface area (Å²) < 4.78 is 10.7. The van der Waals surface area contributed by atoms with Gasteiger partial charge in [0.25, 0.3) is 0 Å². The first-order chi connectivity index (χ1) is 26.2. The van der Waals surface area contributed by atoms with Crippen molar-refractivity contribution in [2.75, 3.05) is 6.54 Å². The number of ether oxygens (including phenoxy) is 2. The number of amides is 5. The number of rotatable bonds is 21. The Balaban J connectivity index is 2.25. The molecule has 0 spiro atoms. The average Bonchev–Trinajstić information content (AvgIpc) is 3.09. The Kier molecular flexibility index (Phi) is 19.4. The van der Waals surface area contributed by atoms with E-state index in [2.05, 4.69) is 26.6 Å². The SMILES string of the molecule is CC(C)CC[C@@H](NC(=O)[C@@H](Cc1ccccc1)NC(=O)[C@@H](CCc1ccccc1)NC(=O)OC(C)(C)C)C(=O)N[C@H](CCCCNC(=O)OC(C)(C)C)C(=O)O. The van der Waals surface area contributed by atoms with E-state index in [4.69, 9.17) is 9.47 Å². The number of aliphatic carboxylic acids is 1. The Labute approximate surface area is 331 Å². The Hall–Kier alpha value is -5.14. The van der Waals surface area contributed by atoms with Crippen molar-refractivity contribution in [3.05, 3.63) is 71.8 Å². The molecule has 0 fully saturated rings. The molecule has 0 radical (unpaired) electrons. The molecule has 2 aromatic rings. The number of alkyl carbamates (subject to hydrolysis) is 2. The van der Waals surface area contributed by atoms with Gasteiger partial charge in [-0.15, -0.1) is 0 Å². The molecule has 0 unspecified atom stereocenters. The van der Waals surface area contributed by atoms with Crippen molar-refractivity contribution in [3.8, 4) is 0 Å². The maximum Gasteiger partial charge on any atom is 0.408 e. The summed E-state index contributed by atoms with van der Waals surface area (Å²) in [6, 6.07) is 13.9. The van der Waals surface area contributed by atoms with Crippen molar-refractivity contribution in [1.29, 1.82) is 0 Å². The molecule has 14 heteroatoms. The molecule has 6 N–H and O–H groups in total. The van der Waals surface area contributed by atoms with Crippen molar-refractivity contribution in [1.82, 2.24) is 26.6 Å². The summed E-state index contributed by atoms with van der Waals surface area (Å²) >= 11 is 0. The van der Waals surface area contributed by atoms with Crippen LogP contribution in [0.2, 0.25) is 0 Å². The molecule has 0 saturated carbocycles. The Morgan fingerprint density at radius 1 is 0.571 bits per heavy atom. The van der Waals surface area contributed by atoms with Crippen LogP contribution in [0.4, 0.5) is 9.59 Å². The molecule has 2 rings (SSSR count). The zero-order chi connectivity index (χ0) is 41.9. The van der Waals surface area contributed by atoms with Gasteiger partial charge in [0.1, 0.15) is 35.4 Å². The lowest BCUT2D eigenvalue weighted by molar-refractivity contribution is -0.142. The number of carbonyl (C=O) groups is 6.